The molecule has 3 aliphatic heterocycles. The van der Waals surface area contributed by atoms with E-state index in [1.807, 2.05) is 45.0 Å². The lowest BCUT2D eigenvalue weighted by Gasteiger charge is -2.35. The maximum atomic E-state index is 14.6. The molecule has 0 bridgehead atoms. The summed E-state index contributed by atoms with van der Waals surface area (Å²) >= 11 is 0. The van der Waals surface area contributed by atoms with Crippen molar-refractivity contribution in [1.82, 2.24) is 15.1 Å². The van der Waals surface area contributed by atoms with Gasteiger partial charge in [0, 0.05) is 69.8 Å². The van der Waals surface area contributed by atoms with Crippen LogP contribution in [0, 0.1) is 29.1 Å². The molecule has 0 radical (unpaired) electrons. The first-order chi connectivity index (χ1) is 24.0. The third kappa shape index (κ3) is 7.19. The fourth-order valence-electron chi connectivity index (χ4n) is 7.68. The summed E-state index contributed by atoms with van der Waals surface area (Å²) in [4.78, 5) is 31.8. The number of anilines is 2. The molecule has 3 aromatic rings. The number of ether oxygens (including phenoxy) is 2. The Morgan fingerprint density at radius 2 is 1.68 bits per heavy atom. The molecule has 1 N–H and O–H groups in total. The topological polar surface area (TPSA) is 132 Å². The number of nitrogens with zero attached hydrogens (tertiary/aromatic N) is 6. The summed E-state index contributed by atoms with van der Waals surface area (Å²) in [5.74, 6) is -1.44. The number of carbonyl (C=O) groups is 2. The molecule has 0 saturated carbocycles. The van der Waals surface area contributed by atoms with Crippen LogP contribution in [0.15, 0.2) is 54.6 Å². The Kier molecular flexibility index (Phi) is 10.2. The van der Waals surface area contributed by atoms with Crippen molar-refractivity contribution in [1.29, 1.82) is 5.26 Å². The number of carboxylic acids is 1. The Balaban J connectivity index is 1.30. The number of carbonyl (C=O) groups excluding carboxylic acids is 1. The lowest BCUT2D eigenvalue weighted by Crippen LogP contribution is -2.38. The Morgan fingerprint density at radius 1 is 0.940 bits per heavy atom. The normalized spacial score (nSPS) is 22.8. The Labute approximate surface area is 288 Å². The lowest BCUT2D eigenvalue weighted by atomic mass is 9.86. The summed E-state index contributed by atoms with van der Waals surface area (Å²) in [6.45, 7) is 2.43. The van der Waals surface area contributed by atoms with Gasteiger partial charge in [0.1, 0.15) is 11.8 Å². The maximum absolute atomic E-state index is 14.6. The highest BCUT2D eigenvalue weighted by Gasteiger charge is 2.46. The van der Waals surface area contributed by atoms with Gasteiger partial charge in [-0.1, -0.05) is 18.2 Å². The lowest BCUT2D eigenvalue weighted by molar-refractivity contribution is -0.142. The first-order valence-electron chi connectivity index (χ1n) is 16.6. The third-order valence-electron chi connectivity index (χ3n) is 10.3. The number of piperidine rings is 1. The van der Waals surface area contributed by atoms with Crippen LogP contribution in [0.5, 0.6) is 5.75 Å². The minimum atomic E-state index is -4.56. The molecule has 1 amide bonds. The van der Waals surface area contributed by atoms with E-state index < -0.39 is 29.5 Å². The van der Waals surface area contributed by atoms with Gasteiger partial charge in [-0.05, 0) is 60.4 Å². The molecule has 0 spiro atoms. The average Bonchev–Trinajstić information content (AvgIpc) is 3.76. The smallest absolute Gasteiger partial charge is 0.416 e. The van der Waals surface area contributed by atoms with Crippen LogP contribution in [0.1, 0.15) is 47.1 Å². The predicted octanol–water partition coefficient (Wildman–Crippen LogP) is 4.79. The molecule has 50 heavy (non-hydrogen) atoms. The van der Waals surface area contributed by atoms with Crippen molar-refractivity contribution in [2.45, 2.75) is 30.9 Å². The van der Waals surface area contributed by atoms with E-state index in [9.17, 15) is 33.1 Å². The molecule has 3 aliphatic rings. The number of methoxy groups -OCH3 is 2. The van der Waals surface area contributed by atoms with Gasteiger partial charge in [-0.2, -0.15) is 18.4 Å². The first-order valence-corrected chi connectivity index (χ1v) is 16.6. The minimum absolute atomic E-state index is 0.0748. The highest BCUT2D eigenvalue weighted by molar-refractivity contribution is 5.82. The molecule has 264 valence electrons. The molecule has 2 aromatic carbocycles. The monoisotopic (exact) mass is 692 g/mol. The van der Waals surface area contributed by atoms with E-state index in [1.165, 1.54) is 6.07 Å². The molecule has 0 unspecified atom stereocenters. The molecule has 0 aliphatic carbocycles. The van der Waals surface area contributed by atoms with E-state index in [4.69, 9.17) is 9.47 Å². The minimum Gasteiger partial charge on any atom is -0.497 e. The van der Waals surface area contributed by atoms with E-state index in [-0.39, 0.29) is 29.4 Å². The van der Waals surface area contributed by atoms with Crippen LogP contribution >= 0.6 is 0 Å². The Hall–Kier alpha value is -4.90. The molecule has 4 atom stereocenters. The van der Waals surface area contributed by atoms with Gasteiger partial charge in [-0.25, -0.2) is 0 Å². The molecular formula is C36H39F3N6O5. The fourth-order valence-corrected chi connectivity index (χ4v) is 7.68. The number of alkyl halides is 3. The number of carboxylic acid groups (broad SMARTS) is 1. The maximum Gasteiger partial charge on any atom is 0.416 e. The molecule has 6 rings (SSSR count). The van der Waals surface area contributed by atoms with E-state index in [0.29, 0.717) is 81.5 Å². The highest BCUT2D eigenvalue weighted by Crippen LogP contribution is 2.44. The van der Waals surface area contributed by atoms with Crippen molar-refractivity contribution in [2.24, 2.45) is 17.8 Å². The summed E-state index contributed by atoms with van der Waals surface area (Å²) in [5, 5.41) is 26.9. The molecule has 3 fully saturated rings. The average molecular weight is 693 g/mol. The SMILES string of the molecule is COC[C@H]1CN(C(=O)[C@@H]2CN(c3ccc(C#N)nn3)C[C@H]2c2ccc(OC)cc2)C[C@@H]1c1ccc(C(F)(F)F)cc1N1CCC(C(=O)O)CC1. The molecule has 4 heterocycles. The number of rotatable bonds is 9. The van der Waals surface area contributed by atoms with Crippen LogP contribution in [0.25, 0.3) is 0 Å². The van der Waals surface area contributed by atoms with Gasteiger partial charge in [0.2, 0.25) is 5.91 Å². The first kappa shape index (κ1) is 34.9. The Morgan fingerprint density at radius 3 is 2.28 bits per heavy atom. The molecule has 1 aromatic heterocycles. The van der Waals surface area contributed by atoms with Crippen LogP contribution in [-0.4, -0.2) is 92.2 Å². The second-order valence-corrected chi connectivity index (χ2v) is 13.2. The highest BCUT2D eigenvalue weighted by atomic mass is 19.4. The van der Waals surface area contributed by atoms with Crippen molar-refractivity contribution in [3.63, 3.8) is 0 Å². The number of halogens is 3. The second kappa shape index (κ2) is 14.5. The summed E-state index contributed by atoms with van der Waals surface area (Å²) in [6.07, 6.45) is -3.90. The summed E-state index contributed by atoms with van der Waals surface area (Å²) in [6, 6.07) is 16.6. The molecular weight excluding hydrogens is 653 g/mol. The molecule has 14 heteroatoms. The quantitative estimate of drug-likeness (QED) is 0.334. The van der Waals surface area contributed by atoms with Gasteiger partial charge in [-0.15, -0.1) is 10.2 Å². The largest absolute Gasteiger partial charge is 0.497 e. The number of hydrogen-bond acceptors (Lipinski definition) is 9. The van der Waals surface area contributed by atoms with Gasteiger partial charge >= 0.3 is 12.1 Å². The zero-order chi connectivity index (χ0) is 35.6. The van der Waals surface area contributed by atoms with Crippen molar-refractivity contribution < 1.29 is 37.3 Å². The number of nitriles is 1. The number of likely N-dealkylation sites (tertiary alicyclic amines) is 1. The number of aliphatic carboxylic acids is 1. The van der Waals surface area contributed by atoms with Gasteiger partial charge < -0.3 is 29.3 Å². The summed E-state index contributed by atoms with van der Waals surface area (Å²) < 4.78 is 52.8. The van der Waals surface area contributed by atoms with Gasteiger partial charge in [0.25, 0.3) is 0 Å². The number of hydrogen-bond donors (Lipinski definition) is 1. The van der Waals surface area contributed by atoms with Crippen LogP contribution in [-0.2, 0) is 20.5 Å². The number of amides is 1. The number of benzene rings is 2. The third-order valence-corrected chi connectivity index (χ3v) is 10.3. The van der Waals surface area contributed by atoms with Crippen molar-refractivity contribution >= 4 is 23.4 Å². The zero-order valence-corrected chi connectivity index (χ0v) is 27.8. The predicted molar refractivity (Wildman–Crippen MR) is 177 cm³/mol. The van der Waals surface area contributed by atoms with Crippen molar-refractivity contribution in [3.05, 3.63) is 77.0 Å². The fraction of sp³-hybridized carbons (Fsp3) is 0.472. The summed E-state index contributed by atoms with van der Waals surface area (Å²) in [5.41, 5.74) is 1.48. The molecule has 3 saturated heterocycles. The van der Waals surface area contributed by atoms with Gasteiger partial charge in [-0.3, -0.25) is 9.59 Å². The Bertz CT molecular complexity index is 1720. The van der Waals surface area contributed by atoms with Gasteiger partial charge in [0.05, 0.1) is 31.1 Å². The molecule has 11 nitrogen and oxygen atoms in total. The van der Waals surface area contributed by atoms with Crippen LogP contribution in [0.4, 0.5) is 24.7 Å². The summed E-state index contributed by atoms with van der Waals surface area (Å²) in [7, 11) is 3.15. The van der Waals surface area contributed by atoms with Gasteiger partial charge in [0.15, 0.2) is 11.5 Å². The second-order valence-electron chi connectivity index (χ2n) is 13.2. The van der Waals surface area contributed by atoms with Crippen molar-refractivity contribution in [2.75, 3.05) is 69.9 Å². The van der Waals surface area contributed by atoms with Crippen LogP contribution in [0.3, 0.4) is 0 Å². The van der Waals surface area contributed by atoms with Crippen molar-refractivity contribution in [3.8, 4) is 11.8 Å². The van der Waals surface area contributed by atoms with E-state index in [0.717, 1.165) is 17.7 Å². The van der Waals surface area contributed by atoms with Crippen LogP contribution < -0.4 is 14.5 Å². The standard InChI is InChI=1S/C36H39F3N6O5/c1-49-21-24-17-45(19-30(24)28-9-5-25(36(37,38)39)15-32(28)43-13-11-23(12-14-43)35(47)48)34(46)31-20-44(33-10-6-26(16-40)41-42-33)18-29(31)22-3-7-27(50-2)8-4-22/h3-10,15,23-24,29-31H,11-14,17-21H2,1-2H3,(H,47,48)/t24-,29+,30+,31-/m1/s1. The van der Waals surface area contributed by atoms with E-state index >= 15 is 0 Å². The zero-order valence-electron chi connectivity index (χ0n) is 27.8. The van der Waals surface area contributed by atoms with Crippen LogP contribution in [0.2, 0.25) is 0 Å². The van der Waals surface area contributed by atoms with E-state index in [2.05, 4.69) is 10.2 Å². The van der Waals surface area contributed by atoms with E-state index in [1.54, 1.807) is 26.4 Å². The number of aromatic nitrogens is 2.